The third-order valence-corrected chi connectivity index (χ3v) is 5.68. The van der Waals surface area contributed by atoms with Gasteiger partial charge in [0.1, 0.15) is 10.7 Å². The van der Waals surface area contributed by atoms with Gasteiger partial charge in [-0.15, -0.1) is 4.40 Å². The summed E-state index contributed by atoms with van der Waals surface area (Å²) in [6.07, 6.45) is 1.57. The molecular weight excluding hydrogens is 378 g/mol. The average molecular weight is 395 g/mol. The van der Waals surface area contributed by atoms with Crippen LogP contribution in [0.1, 0.15) is 21.7 Å². The number of hydrogen-bond acceptors (Lipinski definition) is 5. The molecule has 2 aromatic carbocycles. The number of anilines is 1. The number of furan rings is 1. The number of fused-ring (bicyclic) bond motifs is 1. The van der Waals surface area contributed by atoms with E-state index in [1.54, 1.807) is 66.7 Å². The number of benzene rings is 2. The first-order valence-corrected chi connectivity index (χ1v) is 9.97. The molecule has 142 valence electrons. The number of nitrogens with one attached hydrogen (secondary N) is 1. The number of carbonyl (C=O) groups is 1. The summed E-state index contributed by atoms with van der Waals surface area (Å²) < 4.78 is 33.3. The van der Waals surface area contributed by atoms with Gasteiger partial charge in [-0.3, -0.25) is 4.79 Å². The first kappa shape index (κ1) is 18.0. The van der Waals surface area contributed by atoms with Crippen LogP contribution in [0.5, 0.6) is 0 Å². The van der Waals surface area contributed by atoms with Crippen molar-refractivity contribution in [1.82, 2.24) is 4.90 Å². The van der Waals surface area contributed by atoms with E-state index in [1.165, 1.54) is 6.07 Å². The van der Waals surface area contributed by atoms with Crippen molar-refractivity contribution in [3.63, 3.8) is 0 Å². The fraction of sp³-hybridized carbons (Fsp3) is 0.100. The summed E-state index contributed by atoms with van der Waals surface area (Å²) in [5.41, 5.74) is 1.68. The SMILES string of the molecule is CN(Cc1ccco1)C(=O)c1ccc(NC2=NS(=O)(=O)c3ccccc32)cc1. The number of hydrogen-bond donors (Lipinski definition) is 1. The molecule has 4 rings (SSSR count). The minimum Gasteiger partial charge on any atom is -0.467 e. The van der Waals surface area contributed by atoms with E-state index in [9.17, 15) is 13.2 Å². The largest absolute Gasteiger partial charge is 0.467 e. The van der Waals surface area contributed by atoms with Crippen LogP contribution >= 0.6 is 0 Å². The van der Waals surface area contributed by atoms with Crippen molar-refractivity contribution in [3.8, 4) is 0 Å². The van der Waals surface area contributed by atoms with Crippen LogP contribution in [0.15, 0.2) is 80.6 Å². The van der Waals surface area contributed by atoms with Crippen molar-refractivity contribution >= 4 is 27.5 Å². The Morgan fingerprint density at radius 3 is 2.54 bits per heavy atom. The summed E-state index contributed by atoms with van der Waals surface area (Å²) in [4.78, 5) is 14.3. The van der Waals surface area contributed by atoms with Crippen molar-refractivity contribution in [1.29, 1.82) is 0 Å². The molecule has 0 saturated carbocycles. The molecule has 0 bridgehead atoms. The van der Waals surface area contributed by atoms with Crippen LogP contribution in [0, 0.1) is 0 Å². The van der Waals surface area contributed by atoms with Crippen molar-refractivity contribution in [2.75, 3.05) is 12.4 Å². The molecule has 28 heavy (non-hydrogen) atoms. The summed E-state index contributed by atoms with van der Waals surface area (Å²) in [5, 5.41) is 3.02. The monoisotopic (exact) mass is 395 g/mol. The molecule has 3 aromatic rings. The molecule has 2 heterocycles. The van der Waals surface area contributed by atoms with Crippen molar-refractivity contribution < 1.29 is 17.6 Å². The molecular formula is C20H17N3O4S. The highest BCUT2D eigenvalue weighted by molar-refractivity contribution is 7.90. The Balaban J connectivity index is 1.49. The molecule has 0 radical (unpaired) electrons. The lowest BCUT2D eigenvalue weighted by Crippen LogP contribution is -2.26. The minimum absolute atomic E-state index is 0.144. The summed E-state index contributed by atoms with van der Waals surface area (Å²) in [6.45, 7) is 0.372. The molecule has 0 atom stereocenters. The molecule has 0 fully saturated rings. The first-order valence-electron chi connectivity index (χ1n) is 8.53. The summed E-state index contributed by atoms with van der Waals surface area (Å²) in [5.74, 6) is 0.826. The van der Waals surface area contributed by atoms with Crippen LogP contribution in [0.3, 0.4) is 0 Å². The second-order valence-electron chi connectivity index (χ2n) is 6.35. The maximum atomic E-state index is 12.5. The van der Waals surface area contributed by atoms with E-state index in [0.29, 0.717) is 29.1 Å². The van der Waals surface area contributed by atoms with Crippen LogP contribution < -0.4 is 5.32 Å². The van der Waals surface area contributed by atoms with E-state index in [0.717, 1.165) is 0 Å². The third-order valence-electron chi connectivity index (χ3n) is 4.35. The summed E-state index contributed by atoms with van der Waals surface area (Å²) >= 11 is 0. The Labute approximate surface area is 162 Å². The highest BCUT2D eigenvalue weighted by Crippen LogP contribution is 2.26. The molecule has 1 amide bonds. The average Bonchev–Trinajstić information content (AvgIpc) is 3.28. The van der Waals surface area contributed by atoms with Crippen molar-refractivity contribution in [2.24, 2.45) is 4.40 Å². The number of amides is 1. The van der Waals surface area contributed by atoms with Gasteiger partial charge in [-0.25, -0.2) is 0 Å². The molecule has 0 unspecified atom stereocenters. The quantitative estimate of drug-likeness (QED) is 0.733. The van der Waals surface area contributed by atoms with Gasteiger partial charge in [-0.1, -0.05) is 12.1 Å². The maximum absolute atomic E-state index is 12.5. The highest BCUT2D eigenvalue weighted by atomic mass is 32.2. The van der Waals surface area contributed by atoms with Crippen molar-refractivity contribution in [3.05, 3.63) is 83.8 Å². The normalized spacial score (nSPS) is 14.2. The fourth-order valence-corrected chi connectivity index (χ4v) is 4.13. The number of sulfonamides is 1. The molecule has 1 aliphatic rings. The third kappa shape index (κ3) is 3.41. The van der Waals surface area contributed by atoms with Gasteiger partial charge >= 0.3 is 0 Å². The van der Waals surface area contributed by atoms with Crippen LogP contribution in [0.25, 0.3) is 0 Å². The molecule has 1 aromatic heterocycles. The van der Waals surface area contributed by atoms with E-state index >= 15 is 0 Å². The number of nitrogens with zero attached hydrogens (tertiary/aromatic N) is 2. The van der Waals surface area contributed by atoms with Crippen LogP contribution in [-0.2, 0) is 16.6 Å². The van der Waals surface area contributed by atoms with Gasteiger partial charge in [0.25, 0.3) is 15.9 Å². The first-order chi connectivity index (χ1) is 13.4. The molecule has 7 nitrogen and oxygen atoms in total. The maximum Gasteiger partial charge on any atom is 0.285 e. The molecule has 1 N–H and O–H groups in total. The van der Waals surface area contributed by atoms with Crippen LogP contribution in [0.2, 0.25) is 0 Å². The second kappa shape index (κ2) is 6.97. The van der Waals surface area contributed by atoms with Gasteiger partial charge < -0.3 is 14.6 Å². The van der Waals surface area contributed by atoms with Gasteiger partial charge in [0.05, 0.1) is 12.8 Å². The Bertz CT molecular complexity index is 1150. The van der Waals surface area contributed by atoms with Gasteiger partial charge in [0.15, 0.2) is 5.84 Å². The van der Waals surface area contributed by atoms with E-state index in [2.05, 4.69) is 9.71 Å². The Morgan fingerprint density at radius 2 is 1.82 bits per heavy atom. The van der Waals surface area contributed by atoms with Crippen LogP contribution in [0.4, 0.5) is 5.69 Å². The van der Waals surface area contributed by atoms with Crippen LogP contribution in [-0.4, -0.2) is 32.1 Å². The molecule has 0 spiro atoms. The van der Waals surface area contributed by atoms with Crippen molar-refractivity contribution in [2.45, 2.75) is 11.4 Å². The zero-order valence-corrected chi connectivity index (χ0v) is 15.8. The molecule has 1 aliphatic heterocycles. The zero-order valence-electron chi connectivity index (χ0n) is 15.0. The Kier molecular flexibility index (Phi) is 4.48. The van der Waals surface area contributed by atoms with E-state index in [1.807, 2.05) is 6.07 Å². The lowest BCUT2D eigenvalue weighted by molar-refractivity contribution is 0.0775. The Hall–Kier alpha value is -3.39. The zero-order chi connectivity index (χ0) is 19.7. The molecule has 8 heteroatoms. The Morgan fingerprint density at radius 1 is 1.07 bits per heavy atom. The van der Waals surface area contributed by atoms with E-state index in [4.69, 9.17) is 4.42 Å². The van der Waals surface area contributed by atoms with E-state index in [-0.39, 0.29) is 16.6 Å². The standard InChI is InChI=1S/C20H17N3O4S/c1-23(13-16-5-4-12-27-16)20(24)14-8-10-15(11-9-14)21-19-17-6-2-3-7-18(17)28(25,26)22-19/h2-12H,13H2,1H3,(H,21,22). The number of amidine groups is 1. The second-order valence-corrected chi connectivity index (χ2v) is 7.93. The van der Waals surface area contributed by atoms with Gasteiger partial charge in [0.2, 0.25) is 0 Å². The topological polar surface area (TPSA) is 92.0 Å². The molecule has 0 aliphatic carbocycles. The van der Waals surface area contributed by atoms with Gasteiger partial charge in [0, 0.05) is 23.9 Å². The summed E-state index contributed by atoms with van der Waals surface area (Å²) in [6, 6.07) is 17.0. The van der Waals surface area contributed by atoms with Gasteiger partial charge in [-0.05, 0) is 48.5 Å². The molecule has 0 saturated heterocycles. The number of rotatable bonds is 4. The predicted molar refractivity (Wildman–Crippen MR) is 105 cm³/mol. The lowest BCUT2D eigenvalue weighted by atomic mass is 10.1. The fourth-order valence-electron chi connectivity index (χ4n) is 2.96. The summed E-state index contributed by atoms with van der Waals surface area (Å²) in [7, 11) is -1.98. The minimum atomic E-state index is -3.68. The number of carbonyl (C=O) groups excluding carboxylic acids is 1. The highest BCUT2D eigenvalue weighted by Gasteiger charge is 2.28. The predicted octanol–water partition coefficient (Wildman–Crippen LogP) is 3.11. The smallest absolute Gasteiger partial charge is 0.285 e. The van der Waals surface area contributed by atoms with Gasteiger partial charge in [-0.2, -0.15) is 8.42 Å². The van der Waals surface area contributed by atoms with E-state index < -0.39 is 10.0 Å². The lowest BCUT2D eigenvalue weighted by Gasteiger charge is -2.16.